The number of aryl methyl sites for hydroxylation is 2. The van der Waals surface area contributed by atoms with Gasteiger partial charge in [-0.05, 0) is 56.5 Å². The van der Waals surface area contributed by atoms with Crippen LogP contribution < -0.4 is 14.8 Å². The lowest BCUT2D eigenvalue weighted by atomic mass is 10.1. The summed E-state index contributed by atoms with van der Waals surface area (Å²) in [5.74, 6) is 1.47. The lowest BCUT2D eigenvalue weighted by Gasteiger charge is -2.15. The number of nitrogens with one attached hydrogen (secondary N) is 1. The summed E-state index contributed by atoms with van der Waals surface area (Å²) in [5, 5.41) is 2.92. The van der Waals surface area contributed by atoms with E-state index in [0.29, 0.717) is 12.3 Å². The van der Waals surface area contributed by atoms with Crippen molar-refractivity contribution in [1.29, 1.82) is 0 Å². The van der Waals surface area contributed by atoms with Crippen LogP contribution in [0.15, 0.2) is 48.5 Å². The maximum Gasteiger partial charge on any atom is 0.260 e. The lowest BCUT2D eigenvalue weighted by Crippen LogP contribution is -2.36. The fraction of sp³-hybridized carbons (Fsp3) is 0.350. The predicted molar refractivity (Wildman–Crippen MR) is 95.6 cm³/mol. The van der Waals surface area contributed by atoms with Gasteiger partial charge in [-0.3, -0.25) is 4.79 Å². The Bertz CT molecular complexity index is 635. The fourth-order valence-electron chi connectivity index (χ4n) is 2.31. The Morgan fingerprint density at radius 2 is 1.67 bits per heavy atom. The van der Waals surface area contributed by atoms with E-state index in [1.165, 1.54) is 5.56 Å². The van der Waals surface area contributed by atoms with Gasteiger partial charge in [0.25, 0.3) is 5.91 Å². The quantitative estimate of drug-likeness (QED) is 0.755. The Morgan fingerprint density at radius 1 is 1.04 bits per heavy atom. The van der Waals surface area contributed by atoms with Crippen LogP contribution in [0.2, 0.25) is 0 Å². The third-order valence-electron chi connectivity index (χ3n) is 3.80. The van der Waals surface area contributed by atoms with Crippen molar-refractivity contribution in [3.63, 3.8) is 0 Å². The second kappa shape index (κ2) is 8.96. The smallest absolute Gasteiger partial charge is 0.260 e. The molecule has 2 aromatic carbocycles. The number of hydrogen-bond donors (Lipinski definition) is 1. The first-order valence-electron chi connectivity index (χ1n) is 8.22. The number of methoxy groups -OCH3 is 1. The minimum atomic E-state index is -0.506. The number of carbonyl (C=O) groups is 1. The largest absolute Gasteiger partial charge is 0.497 e. The zero-order valence-corrected chi connectivity index (χ0v) is 14.5. The summed E-state index contributed by atoms with van der Waals surface area (Å²) in [5.41, 5.74) is 2.40. The van der Waals surface area contributed by atoms with Crippen LogP contribution in [0, 0.1) is 6.92 Å². The average Bonchev–Trinajstić information content (AvgIpc) is 2.61. The molecular weight excluding hydrogens is 302 g/mol. The van der Waals surface area contributed by atoms with E-state index in [1.54, 1.807) is 14.0 Å². The van der Waals surface area contributed by atoms with Gasteiger partial charge < -0.3 is 14.8 Å². The number of carbonyl (C=O) groups excluding carboxylic acids is 1. The first-order valence-corrected chi connectivity index (χ1v) is 8.22. The molecule has 0 radical (unpaired) electrons. The topological polar surface area (TPSA) is 47.6 Å². The third-order valence-corrected chi connectivity index (χ3v) is 3.80. The van der Waals surface area contributed by atoms with Gasteiger partial charge in [-0.1, -0.05) is 29.8 Å². The molecule has 24 heavy (non-hydrogen) atoms. The fourth-order valence-corrected chi connectivity index (χ4v) is 2.31. The summed E-state index contributed by atoms with van der Waals surface area (Å²) >= 11 is 0. The molecule has 0 saturated heterocycles. The van der Waals surface area contributed by atoms with Gasteiger partial charge in [0.15, 0.2) is 6.10 Å². The number of ether oxygens (including phenoxy) is 2. The molecule has 1 atom stereocenters. The summed E-state index contributed by atoms with van der Waals surface area (Å²) < 4.78 is 10.8. The van der Waals surface area contributed by atoms with Gasteiger partial charge in [0.2, 0.25) is 0 Å². The van der Waals surface area contributed by atoms with Crippen molar-refractivity contribution < 1.29 is 14.3 Å². The van der Waals surface area contributed by atoms with Crippen molar-refractivity contribution >= 4 is 5.91 Å². The summed E-state index contributed by atoms with van der Waals surface area (Å²) in [4.78, 5) is 12.1. The molecule has 0 bridgehead atoms. The molecule has 128 valence electrons. The van der Waals surface area contributed by atoms with E-state index in [2.05, 4.69) is 5.32 Å². The zero-order chi connectivity index (χ0) is 17.4. The van der Waals surface area contributed by atoms with Crippen LogP contribution in [0.25, 0.3) is 0 Å². The lowest BCUT2D eigenvalue weighted by molar-refractivity contribution is -0.127. The maximum absolute atomic E-state index is 12.1. The van der Waals surface area contributed by atoms with Gasteiger partial charge in [-0.15, -0.1) is 0 Å². The van der Waals surface area contributed by atoms with Gasteiger partial charge in [-0.2, -0.15) is 0 Å². The van der Waals surface area contributed by atoms with Crippen LogP contribution in [-0.4, -0.2) is 25.7 Å². The second-order valence-electron chi connectivity index (χ2n) is 5.82. The van der Waals surface area contributed by atoms with Crippen LogP contribution in [0.5, 0.6) is 11.5 Å². The van der Waals surface area contributed by atoms with Crippen molar-refractivity contribution in [2.24, 2.45) is 0 Å². The van der Waals surface area contributed by atoms with Gasteiger partial charge in [-0.25, -0.2) is 0 Å². The highest BCUT2D eigenvalue weighted by Gasteiger charge is 2.13. The highest BCUT2D eigenvalue weighted by Crippen LogP contribution is 2.14. The molecule has 1 N–H and O–H groups in total. The summed E-state index contributed by atoms with van der Waals surface area (Å²) in [7, 11) is 1.66. The van der Waals surface area contributed by atoms with E-state index in [1.807, 2.05) is 55.5 Å². The van der Waals surface area contributed by atoms with Crippen molar-refractivity contribution in [3.05, 3.63) is 59.7 Å². The minimum Gasteiger partial charge on any atom is -0.497 e. The van der Waals surface area contributed by atoms with Crippen LogP contribution >= 0.6 is 0 Å². The zero-order valence-electron chi connectivity index (χ0n) is 14.5. The van der Waals surface area contributed by atoms with E-state index in [0.717, 1.165) is 24.2 Å². The minimum absolute atomic E-state index is 0.0923. The Hall–Kier alpha value is -2.49. The third kappa shape index (κ3) is 5.61. The molecule has 0 aromatic heterocycles. The molecule has 1 unspecified atom stereocenters. The molecule has 0 heterocycles. The SMILES string of the molecule is COc1ccc(CCCNC(=O)C(C)Oc2ccc(C)cc2)cc1. The molecular formula is C20H25NO3. The number of benzene rings is 2. The normalized spacial score (nSPS) is 11.6. The highest BCUT2D eigenvalue weighted by molar-refractivity contribution is 5.80. The molecule has 0 aliphatic carbocycles. The van der Waals surface area contributed by atoms with E-state index < -0.39 is 6.10 Å². The average molecular weight is 327 g/mol. The van der Waals surface area contributed by atoms with E-state index in [4.69, 9.17) is 9.47 Å². The Kier molecular flexibility index (Phi) is 6.67. The second-order valence-corrected chi connectivity index (χ2v) is 5.82. The molecule has 4 nitrogen and oxygen atoms in total. The molecule has 0 spiro atoms. The maximum atomic E-state index is 12.1. The predicted octanol–water partition coefficient (Wildman–Crippen LogP) is 3.52. The first kappa shape index (κ1) is 17.9. The molecule has 1 amide bonds. The van der Waals surface area contributed by atoms with E-state index >= 15 is 0 Å². The van der Waals surface area contributed by atoms with Crippen molar-refractivity contribution in [1.82, 2.24) is 5.32 Å². The molecule has 0 aliphatic rings. The van der Waals surface area contributed by atoms with Gasteiger partial charge in [0.05, 0.1) is 7.11 Å². The van der Waals surface area contributed by atoms with Crippen LogP contribution in [0.3, 0.4) is 0 Å². The van der Waals surface area contributed by atoms with Gasteiger partial charge in [0, 0.05) is 6.54 Å². The molecule has 2 aromatic rings. The Labute approximate surface area is 143 Å². The molecule has 0 aliphatic heterocycles. The highest BCUT2D eigenvalue weighted by atomic mass is 16.5. The molecule has 4 heteroatoms. The van der Waals surface area contributed by atoms with Gasteiger partial charge >= 0.3 is 0 Å². The van der Waals surface area contributed by atoms with Crippen molar-refractivity contribution in [2.45, 2.75) is 32.8 Å². The monoisotopic (exact) mass is 327 g/mol. The van der Waals surface area contributed by atoms with Crippen LogP contribution in [-0.2, 0) is 11.2 Å². The van der Waals surface area contributed by atoms with Crippen molar-refractivity contribution in [2.75, 3.05) is 13.7 Å². The van der Waals surface area contributed by atoms with Crippen LogP contribution in [0.4, 0.5) is 0 Å². The summed E-state index contributed by atoms with van der Waals surface area (Å²) in [6.07, 6.45) is 1.29. The van der Waals surface area contributed by atoms with E-state index in [-0.39, 0.29) is 5.91 Å². The number of rotatable bonds is 8. The molecule has 2 rings (SSSR count). The summed E-state index contributed by atoms with van der Waals surface area (Å²) in [6, 6.07) is 15.7. The first-order chi connectivity index (χ1) is 11.6. The van der Waals surface area contributed by atoms with Crippen LogP contribution in [0.1, 0.15) is 24.5 Å². The van der Waals surface area contributed by atoms with Crippen molar-refractivity contribution in [3.8, 4) is 11.5 Å². The summed E-state index contributed by atoms with van der Waals surface area (Å²) in [6.45, 7) is 4.41. The Morgan fingerprint density at radius 3 is 2.29 bits per heavy atom. The number of amides is 1. The number of hydrogen-bond acceptors (Lipinski definition) is 3. The van der Waals surface area contributed by atoms with E-state index in [9.17, 15) is 4.79 Å². The Balaban J connectivity index is 1.69. The molecule has 0 saturated carbocycles. The standard InChI is InChI=1S/C20H25NO3/c1-15-6-10-19(11-7-15)24-16(2)20(22)21-14-4-5-17-8-12-18(23-3)13-9-17/h6-13,16H,4-5,14H2,1-3H3,(H,21,22). The van der Waals surface area contributed by atoms with Gasteiger partial charge in [0.1, 0.15) is 11.5 Å². The molecule has 0 fully saturated rings.